The first-order valence-corrected chi connectivity index (χ1v) is 3.83. The largest absolute Gasteiger partial charge is 0.329 e. The molecule has 1 aliphatic rings. The van der Waals surface area contributed by atoms with Gasteiger partial charge in [0.15, 0.2) is 0 Å². The fourth-order valence-corrected chi connectivity index (χ4v) is 1.09. The Morgan fingerprint density at radius 1 is 1.70 bits per heavy atom. The first kappa shape index (κ1) is 7.54. The summed E-state index contributed by atoms with van der Waals surface area (Å²) in [6.45, 7) is 4.62. The molecule has 0 atom stereocenters. The highest BCUT2D eigenvalue weighted by Gasteiger charge is 2.15. The molecule has 10 heavy (non-hydrogen) atoms. The third-order valence-corrected chi connectivity index (χ3v) is 1.68. The Bertz CT molecular complexity index is 119. The Labute approximate surface area is 61.4 Å². The van der Waals surface area contributed by atoms with Crippen LogP contribution < -0.4 is 5.32 Å². The molecule has 1 amide bonds. The second-order valence-electron chi connectivity index (χ2n) is 2.57. The first-order chi connectivity index (χ1) is 4.84. The van der Waals surface area contributed by atoms with Gasteiger partial charge in [0.25, 0.3) is 0 Å². The van der Waals surface area contributed by atoms with Crippen LogP contribution in [0.15, 0.2) is 0 Å². The average Bonchev–Trinajstić information content (AvgIpc) is 2.38. The minimum Gasteiger partial charge on any atom is -0.329 e. The molecule has 0 unspecified atom stereocenters. The van der Waals surface area contributed by atoms with E-state index >= 15 is 0 Å². The Hall–Kier alpha value is -0.570. The van der Waals surface area contributed by atoms with E-state index in [4.69, 9.17) is 0 Å². The highest BCUT2D eigenvalue weighted by atomic mass is 16.2. The van der Waals surface area contributed by atoms with Gasteiger partial charge in [-0.25, -0.2) is 0 Å². The summed E-state index contributed by atoms with van der Waals surface area (Å²) in [4.78, 5) is 13.0. The van der Waals surface area contributed by atoms with Crippen LogP contribution in [0.1, 0.15) is 19.8 Å². The Morgan fingerprint density at radius 2 is 2.50 bits per heavy atom. The molecule has 1 saturated heterocycles. The van der Waals surface area contributed by atoms with E-state index in [-0.39, 0.29) is 5.91 Å². The molecule has 0 aromatic heterocycles. The summed E-state index contributed by atoms with van der Waals surface area (Å²) in [6, 6.07) is 0. The van der Waals surface area contributed by atoms with Crippen molar-refractivity contribution in [2.45, 2.75) is 19.8 Å². The monoisotopic (exact) mass is 142 g/mol. The second-order valence-corrected chi connectivity index (χ2v) is 2.57. The zero-order valence-corrected chi connectivity index (χ0v) is 6.39. The minimum absolute atomic E-state index is 0.285. The van der Waals surface area contributed by atoms with Gasteiger partial charge in [-0.1, -0.05) is 6.92 Å². The molecule has 1 rings (SSSR count). The van der Waals surface area contributed by atoms with Gasteiger partial charge in [-0.05, 0) is 6.42 Å². The molecule has 1 heterocycles. The van der Waals surface area contributed by atoms with Crippen molar-refractivity contribution in [1.82, 2.24) is 10.2 Å². The number of carbonyl (C=O) groups excluding carboxylic acids is 1. The molecule has 0 bridgehead atoms. The van der Waals surface area contributed by atoms with E-state index in [1.165, 1.54) is 0 Å². The van der Waals surface area contributed by atoms with Gasteiger partial charge in [0, 0.05) is 19.5 Å². The van der Waals surface area contributed by atoms with Crippen LogP contribution in [0.3, 0.4) is 0 Å². The van der Waals surface area contributed by atoms with Gasteiger partial charge < -0.3 is 4.90 Å². The van der Waals surface area contributed by atoms with Crippen molar-refractivity contribution in [1.29, 1.82) is 0 Å². The normalized spacial score (nSPS) is 17.9. The molecule has 0 saturated carbocycles. The maximum atomic E-state index is 11.1. The molecule has 3 nitrogen and oxygen atoms in total. The molecule has 0 radical (unpaired) electrons. The number of nitrogens with one attached hydrogen (secondary N) is 1. The minimum atomic E-state index is 0.285. The molecule has 0 spiro atoms. The van der Waals surface area contributed by atoms with Crippen molar-refractivity contribution < 1.29 is 4.79 Å². The fourth-order valence-electron chi connectivity index (χ4n) is 1.09. The van der Waals surface area contributed by atoms with Gasteiger partial charge in [-0.15, -0.1) is 0 Å². The standard InChI is InChI=1S/C7H14N2O/c1-2-3-7(10)9-5-4-8-6-9/h8H,2-6H2,1H3. The zero-order valence-electron chi connectivity index (χ0n) is 6.39. The number of carbonyl (C=O) groups is 1. The Morgan fingerprint density at radius 3 is 3.00 bits per heavy atom. The number of nitrogens with zero attached hydrogens (tertiary/aromatic N) is 1. The lowest BCUT2D eigenvalue weighted by atomic mass is 10.3. The molecule has 0 aromatic carbocycles. The van der Waals surface area contributed by atoms with Crippen molar-refractivity contribution in [3.05, 3.63) is 0 Å². The Balaban J connectivity index is 2.25. The molecular formula is C7H14N2O. The van der Waals surface area contributed by atoms with Crippen molar-refractivity contribution in [3.63, 3.8) is 0 Å². The first-order valence-electron chi connectivity index (χ1n) is 3.83. The highest BCUT2D eigenvalue weighted by molar-refractivity contribution is 5.76. The van der Waals surface area contributed by atoms with Crippen molar-refractivity contribution in [3.8, 4) is 0 Å². The average molecular weight is 142 g/mol. The van der Waals surface area contributed by atoms with Crippen molar-refractivity contribution >= 4 is 5.91 Å². The van der Waals surface area contributed by atoms with E-state index < -0.39 is 0 Å². The number of hydrogen-bond acceptors (Lipinski definition) is 2. The van der Waals surface area contributed by atoms with E-state index in [2.05, 4.69) is 5.32 Å². The summed E-state index contributed by atoms with van der Waals surface area (Å²) < 4.78 is 0. The van der Waals surface area contributed by atoms with Gasteiger partial charge in [0.1, 0.15) is 0 Å². The van der Waals surface area contributed by atoms with Gasteiger partial charge >= 0.3 is 0 Å². The summed E-state index contributed by atoms with van der Waals surface area (Å²) in [6.07, 6.45) is 1.65. The van der Waals surface area contributed by atoms with Crippen molar-refractivity contribution in [2.24, 2.45) is 0 Å². The summed E-state index contributed by atoms with van der Waals surface area (Å²) in [5.74, 6) is 0.285. The third-order valence-electron chi connectivity index (χ3n) is 1.68. The maximum Gasteiger partial charge on any atom is 0.223 e. The number of rotatable bonds is 2. The topological polar surface area (TPSA) is 32.3 Å². The van der Waals surface area contributed by atoms with E-state index in [1.54, 1.807) is 0 Å². The number of hydrogen-bond donors (Lipinski definition) is 1. The molecular weight excluding hydrogens is 128 g/mol. The second kappa shape index (κ2) is 3.56. The quantitative estimate of drug-likeness (QED) is 0.596. The predicted molar refractivity (Wildman–Crippen MR) is 39.5 cm³/mol. The summed E-state index contributed by atoms with van der Waals surface area (Å²) in [5, 5.41) is 3.12. The summed E-state index contributed by atoms with van der Waals surface area (Å²) >= 11 is 0. The van der Waals surface area contributed by atoms with E-state index in [0.717, 1.165) is 26.2 Å². The molecule has 1 fully saturated rings. The Kier molecular flexibility index (Phi) is 2.68. The van der Waals surface area contributed by atoms with Crippen LogP contribution in [-0.2, 0) is 4.79 Å². The van der Waals surface area contributed by atoms with Gasteiger partial charge in [-0.2, -0.15) is 0 Å². The zero-order chi connectivity index (χ0) is 7.40. The molecule has 0 aromatic rings. The van der Waals surface area contributed by atoms with E-state index in [1.807, 2.05) is 11.8 Å². The van der Waals surface area contributed by atoms with Crippen LogP contribution in [0.4, 0.5) is 0 Å². The lowest BCUT2D eigenvalue weighted by Crippen LogP contribution is -2.29. The van der Waals surface area contributed by atoms with E-state index in [9.17, 15) is 4.79 Å². The molecule has 3 heteroatoms. The lowest BCUT2D eigenvalue weighted by Gasteiger charge is -2.12. The highest BCUT2D eigenvalue weighted by Crippen LogP contribution is 1.98. The third kappa shape index (κ3) is 1.70. The fraction of sp³-hybridized carbons (Fsp3) is 0.857. The van der Waals surface area contributed by atoms with Gasteiger partial charge in [-0.3, -0.25) is 10.1 Å². The predicted octanol–water partition coefficient (Wildman–Crippen LogP) is 0.176. The smallest absolute Gasteiger partial charge is 0.223 e. The van der Waals surface area contributed by atoms with Crippen LogP contribution in [-0.4, -0.2) is 30.6 Å². The number of amides is 1. The SMILES string of the molecule is CCCC(=O)N1CCNC1. The molecule has 58 valence electrons. The van der Waals surface area contributed by atoms with Crippen LogP contribution in [0.25, 0.3) is 0 Å². The summed E-state index contributed by atoms with van der Waals surface area (Å²) in [5.41, 5.74) is 0. The molecule has 0 aliphatic carbocycles. The lowest BCUT2D eigenvalue weighted by molar-refractivity contribution is -0.130. The van der Waals surface area contributed by atoms with Gasteiger partial charge in [0.05, 0.1) is 6.67 Å². The van der Waals surface area contributed by atoms with Gasteiger partial charge in [0.2, 0.25) is 5.91 Å². The molecule has 1 aliphatic heterocycles. The van der Waals surface area contributed by atoms with E-state index in [0.29, 0.717) is 6.42 Å². The van der Waals surface area contributed by atoms with Crippen LogP contribution in [0.2, 0.25) is 0 Å². The van der Waals surface area contributed by atoms with Crippen LogP contribution >= 0.6 is 0 Å². The van der Waals surface area contributed by atoms with Crippen molar-refractivity contribution in [2.75, 3.05) is 19.8 Å². The van der Waals surface area contributed by atoms with Crippen LogP contribution in [0.5, 0.6) is 0 Å². The molecule has 1 N–H and O–H groups in total. The maximum absolute atomic E-state index is 11.1. The summed E-state index contributed by atoms with van der Waals surface area (Å²) in [7, 11) is 0. The van der Waals surface area contributed by atoms with Crippen LogP contribution in [0, 0.1) is 0 Å².